The third-order valence-corrected chi connectivity index (χ3v) is 1.24. The number of aryl methyl sites for hydroxylation is 1. The minimum absolute atomic E-state index is 1.16. The number of aromatic nitrogens is 1. The Morgan fingerprint density at radius 1 is 1.50 bits per heavy atom. The third-order valence-electron chi connectivity index (χ3n) is 1.24. The molecule has 1 aromatic heterocycles. The Morgan fingerprint density at radius 2 is 1.86 bits per heavy atom. The quantitative estimate of drug-likeness (QED) is 0.412. The third kappa shape index (κ3) is 8.85. The van der Waals surface area contributed by atoms with Gasteiger partial charge in [-0.2, -0.15) is 0 Å². The van der Waals surface area contributed by atoms with E-state index >= 15 is 0 Å². The van der Waals surface area contributed by atoms with Gasteiger partial charge in [-0.25, -0.2) is 13.0 Å². The summed E-state index contributed by atoms with van der Waals surface area (Å²) in [6.45, 7) is 3.65. The van der Waals surface area contributed by atoms with Crippen molar-refractivity contribution >= 4 is 16.5 Å². The van der Waals surface area contributed by atoms with E-state index in [1.165, 1.54) is 0 Å². The van der Waals surface area contributed by atoms with Crippen LogP contribution in [0.1, 0.15) is 5.56 Å². The smallest absolute Gasteiger partial charge is 0.215 e. The first-order valence-electron chi connectivity index (χ1n) is 3.59. The molecule has 0 amide bonds. The standard InChI is InChI=1S/C8H10N.H2O4S/c1-3-8-4-6-9(2)7-5-8;1-5(2,3)4/h3-7H,1H2,2H3;(H2,1,2,3,4)/q+1;/p-1. The normalized spacial score (nSPS) is 9.93. The maximum Gasteiger partial charge on any atom is 0.215 e. The van der Waals surface area contributed by atoms with Gasteiger partial charge in [-0.05, 0) is 5.56 Å². The van der Waals surface area contributed by atoms with Crippen LogP contribution in [0.2, 0.25) is 0 Å². The zero-order valence-electron chi connectivity index (χ0n) is 7.62. The molecule has 0 fully saturated rings. The second-order valence-corrected chi connectivity index (χ2v) is 3.28. The molecule has 0 bridgehead atoms. The highest BCUT2D eigenvalue weighted by molar-refractivity contribution is 7.79. The van der Waals surface area contributed by atoms with E-state index < -0.39 is 10.4 Å². The molecule has 0 aromatic carbocycles. The molecule has 0 aliphatic heterocycles. The predicted molar refractivity (Wildman–Crippen MR) is 50.0 cm³/mol. The minimum atomic E-state index is -4.92. The topological polar surface area (TPSA) is 81.3 Å². The molecule has 0 aliphatic carbocycles. The van der Waals surface area contributed by atoms with Crippen molar-refractivity contribution in [1.29, 1.82) is 0 Å². The Bertz CT molecular complexity index is 374. The van der Waals surface area contributed by atoms with Gasteiger partial charge >= 0.3 is 0 Å². The molecule has 1 rings (SSSR count). The van der Waals surface area contributed by atoms with E-state index in [-0.39, 0.29) is 0 Å². The van der Waals surface area contributed by atoms with Crippen molar-refractivity contribution < 1.29 is 22.1 Å². The fourth-order valence-electron chi connectivity index (χ4n) is 0.649. The van der Waals surface area contributed by atoms with Gasteiger partial charge in [-0.3, -0.25) is 4.55 Å². The fourth-order valence-corrected chi connectivity index (χ4v) is 0.649. The monoisotopic (exact) mass is 217 g/mol. The Labute approximate surface area is 82.9 Å². The summed E-state index contributed by atoms with van der Waals surface area (Å²) in [6.07, 6.45) is 5.83. The molecule has 1 aromatic rings. The highest BCUT2D eigenvalue weighted by Crippen LogP contribution is 1.94. The van der Waals surface area contributed by atoms with Crippen LogP contribution in [0, 0.1) is 0 Å². The number of hydrogen-bond acceptors (Lipinski definition) is 3. The van der Waals surface area contributed by atoms with E-state index in [0.29, 0.717) is 0 Å². The Kier molecular flexibility index (Phi) is 5.00. The van der Waals surface area contributed by atoms with Crippen molar-refractivity contribution in [3.05, 3.63) is 36.7 Å². The van der Waals surface area contributed by atoms with Gasteiger partial charge in [0.15, 0.2) is 12.4 Å². The zero-order valence-corrected chi connectivity index (χ0v) is 8.44. The minimum Gasteiger partial charge on any atom is -0.726 e. The van der Waals surface area contributed by atoms with Gasteiger partial charge in [0.05, 0.1) is 0 Å². The van der Waals surface area contributed by atoms with Crippen LogP contribution in [0.3, 0.4) is 0 Å². The van der Waals surface area contributed by atoms with Crippen molar-refractivity contribution in [3.8, 4) is 0 Å². The Morgan fingerprint density at radius 3 is 2.14 bits per heavy atom. The van der Waals surface area contributed by atoms with Gasteiger partial charge in [0.1, 0.15) is 7.05 Å². The maximum absolute atomic E-state index is 8.63. The molecule has 0 saturated heterocycles. The summed E-state index contributed by atoms with van der Waals surface area (Å²) in [5.74, 6) is 0. The first-order chi connectivity index (χ1) is 6.33. The largest absolute Gasteiger partial charge is 0.726 e. The van der Waals surface area contributed by atoms with Crippen LogP contribution in [0.15, 0.2) is 31.1 Å². The number of rotatable bonds is 1. The van der Waals surface area contributed by atoms with E-state index in [4.69, 9.17) is 17.5 Å². The molecule has 5 nitrogen and oxygen atoms in total. The SMILES string of the molecule is C=Cc1cc[n+](C)cc1.O=S(=O)([O-])O. The molecule has 6 heteroatoms. The van der Waals surface area contributed by atoms with Crippen LogP contribution in [0.25, 0.3) is 6.08 Å². The summed E-state index contributed by atoms with van der Waals surface area (Å²) in [5, 5.41) is 0. The lowest BCUT2D eigenvalue weighted by molar-refractivity contribution is -0.671. The van der Waals surface area contributed by atoms with Gasteiger partial charge in [-0.1, -0.05) is 12.7 Å². The average molecular weight is 217 g/mol. The van der Waals surface area contributed by atoms with Gasteiger partial charge in [-0.15, -0.1) is 0 Å². The summed E-state index contributed by atoms with van der Waals surface area (Å²) in [5.41, 5.74) is 1.16. The van der Waals surface area contributed by atoms with Crippen LogP contribution >= 0.6 is 0 Å². The maximum atomic E-state index is 8.63. The van der Waals surface area contributed by atoms with E-state index in [9.17, 15) is 0 Å². The molecule has 0 saturated carbocycles. The zero-order chi connectivity index (χ0) is 11.2. The molecule has 0 atom stereocenters. The summed E-state index contributed by atoms with van der Waals surface area (Å²) < 4.78 is 34.8. The molecule has 0 unspecified atom stereocenters. The van der Waals surface area contributed by atoms with E-state index in [1.54, 1.807) is 0 Å². The van der Waals surface area contributed by atoms with Crippen LogP contribution in [-0.2, 0) is 17.4 Å². The Hall–Kier alpha value is -1.24. The van der Waals surface area contributed by atoms with Crippen LogP contribution in [0.4, 0.5) is 0 Å². The summed E-state index contributed by atoms with van der Waals surface area (Å²) in [6, 6.07) is 4.04. The second-order valence-electron chi connectivity index (χ2n) is 2.43. The molecule has 0 aliphatic rings. The highest BCUT2D eigenvalue weighted by Gasteiger charge is 1.87. The molecule has 0 radical (unpaired) electrons. The van der Waals surface area contributed by atoms with Crippen LogP contribution < -0.4 is 4.57 Å². The van der Waals surface area contributed by atoms with E-state index in [0.717, 1.165) is 5.56 Å². The van der Waals surface area contributed by atoms with E-state index in [1.807, 2.05) is 42.2 Å². The Balaban J connectivity index is 0.000000292. The van der Waals surface area contributed by atoms with Crippen molar-refractivity contribution in [3.63, 3.8) is 0 Å². The van der Waals surface area contributed by atoms with E-state index in [2.05, 4.69) is 6.58 Å². The number of nitrogens with zero attached hydrogens (tertiary/aromatic N) is 1. The molecule has 14 heavy (non-hydrogen) atoms. The van der Waals surface area contributed by atoms with Crippen LogP contribution in [0.5, 0.6) is 0 Å². The van der Waals surface area contributed by atoms with Crippen molar-refractivity contribution in [2.24, 2.45) is 7.05 Å². The van der Waals surface area contributed by atoms with Gasteiger partial charge in [0.25, 0.3) is 0 Å². The van der Waals surface area contributed by atoms with Gasteiger partial charge in [0.2, 0.25) is 10.4 Å². The molecule has 78 valence electrons. The predicted octanol–water partition coefficient (Wildman–Crippen LogP) is 0.159. The van der Waals surface area contributed by atoms with Gasteiger partial charge in [0, 0.05) is 12.1 Å². The van der Waals surface area contributed by atoms with Crippen molar-refractivity contribution in [2.45, 2.75) is 0 Å². The molecule has 1 heterocycles. The first kappa shape index (κ1) is 12.8. The second kappa shape index (κ2) is 5.48. The number of hydrogen-bond donors (Lipinski definition) is 1. The molecular formula is C8H11NO4S. The number of pyridine rings is 1. The fraction of sp³-hybridized carbons (Fsp3) is 0.125. The lowest BCUT2D eigenvalue weighted by Gasteiger charge is -1.88. The molecule has 0 spiro atoms. The molecular weight excluding hydrogens is 206 g/mol. The first-order valence-corrected chi connectivity index (χ1v) is 4.95. The molecule has 1 N–H and O–H groups in total. The van der Waals surface area contributed by atoms with Gasteiger partial charge < -0.3 is 4.55 Å². The average Bonchev–Trinajstić information content (AvgIpc) is 2.03. The highest BCUT2D eigenvalue weighted by atomic mass is 32.3. The summed E-state index contributed by atoms with van der Waals surface area (Å²) >= 11 is 0. The van der Waals surface area contributed by atoms with Crippen molar-refractivity contribution in [1.82, 2.24) is 0 Å². The summed E-state index contributed by atoms with van der Waals surface area (Å²) in [7, 11) is -2.92. The lowest BCUT2D eigenvalue weighted by atomic mass is 10.3. The summed E-state index contributed by atoms with van der Waals surface area (Å²) in [4.78, 5) is 0. The lowest BCUT2D eigenvalue weighted by Crippen LogP contribution is -2.25. The van der Waals surface area contributed by atoms with Crippen LogP contribution in [-0.4, -0.2) is 17.5 Å². The van der Waals surface area contributed by atoms with Crippen molar-refractivity contribution in [2.75, 3.05) is 0 Å².